The van der Waals surface area contributed by atoms with E-state index in [1.807, 2.05) is 24.9 Å². The summed E-state index contributed by atoms with van der Waals surface area (Å²) in [7, 11) is 3.82. The molecule has 2 aromatic rings. The van der Waals surface area contributed by atoms with Gasteiger partial charge in [-0.3, -0.25) is 4.79 Å². The molecule has 1 aromatic heterocycles. The van der Waals surface area contributed by atoms with Gasteiger partial charge in [0.2, 0.25) is 5.91 Å². The highest BCUT2D eigenvalue weighted by Crippen LogP contribution is 2.34. The number of hydrogen-bond donors (Lipinski definition) is 0. The summed E-state index contributed by atoms with van der Waals surface area (Å²) in [4.78, 5) is 18.6. The number of imidazole rings is 1. The van der Waals surface area contributed by atoms with Gasteiger partial charge in [-0.25, -0.2) is 4.98 Å². The van der Waals surface area contributed by atoms with E-state index in [2.05, 4.69) is 29.2 Å². The summed E-state index contributed by atoms with van der Waals surface area (Å²) in [5.41, 5.74) is 2.78. The van der Waals surface area contributed by atoms with Gasteiger partial charge >= 0.3 is 0 Å². The molecule has 0 saturated carbocycles. The Kier molecular flexibility index (Phi) is 4.27. The van der Waals surface area contributed by atoms with E-state index in [0.717, 1.165) is 18.7 Å². The predicted octanol–water partition coefficient (Wildman–Crippen LogP) is 2.89. The minimum absolute atomic E-state index is 0.199. The van der Waals surface area contributed by atoms with Crippen LogP contribution in [0.4, 0.5) is 0 Å². The van der Waals surface area contributed by atoms with Crippen LogP contribution in [0.15, 0.2) is 36.7 Å². The highest BCUT2D eigenvalue weighted by molar-refractivity contribution is 5.77. The molecule has 116 valence electrons. The fourth-order valence-electron chi connectivity index (χ4n) is 3.28. The third-order valence-electron chi connectivity index (χ3n) is 4.64. The van der Waals surface area contributed by atoms with Crippen LogP contribution in [0.5, 0.6) is 0 Å². The second-order valence-corrected chi connectivity index (χ2v) is 6.20. The fraction of sp³-hybridized carbons (Fsp3) is 0.444. The second-order valence-electron chi connectivity index (χ2n) is 6.20. The molecule has 3 rings (SSSR count). The number of aromatic nitrogens is 2. The second kappa shape index (κ2) is 6.34. The third-order valence-corrected chi connectivity index (χ3v) is 4.64. The van der Waals surface area contributed by atoms with Crippen LogP contribution in [-0.2, 0) is 24.8 Å². The largest absolute Gasteiger partial charge is 0.338 e. The Hall–Kier alpha value is -2.10. The molecule has 4 heteroatoms. The van der Waals surface area contributed by atoms with Gasteiger partial charge in [0, 0.05) is 32.9 Å². The molecule has 4 nitrogen and oxygen atoms in total. The van der Waals surface area contributed by atoms with Crippen LogP contribution in [0.1, 0.15) is 42.1 Å². The number of nitrogens with zero attached hydrogens (tertiary/aromatic N) is 3. The fourth-order valence-corrected chi connectivity index (χ4v) is 3.28. The number of carbonyl (C=O) groups is 1. The van der Waals surface area contributed by atoms with E-state index in [4.69, 9.17) is 0 Å². The van der Waals surface area contributed by atoms with E-state index in [1.165, 1.54) is 17.5 Å². The molecular formula is C18H23N3O. The van der Waals surface area contributed by atoms with Gasteiger partial charge < -0.3 is 9.47 Å². The van der Waals surface area contributed by atoms with Crippen molar-refractivity contribution in [3.8, 4) is 0 Å². The van der Waals surface area contributed by atoms with E-state index in [9.17, 15) is 4.79 Å². The number of hydrogen-bond acceptors (Lipinski definition) is 2. The SMILES string of the molecule is CN(Cc1nccn1C)C(=O)CC1CCCc2ccccc21. The van der Waals surface area contributed by atoms with Gasteiger partial charge in [-0.15, -0.1) is 0 Å². The summed E-state index contributed by atoms with van der Waals surface area (Å²) in [6, 6.07) is 8.56. The predicted molar refractivity (Wildman–Crippen MR) is 86.4 cm³/mol. The zero-order valence-corrected chi connectivity index (χ0v) is 13.3. The van der Waals surface area contributed by atoms with Gasteiger partial charge in [-0.1, -0.05) is 24.3 Å². The van der Waals surface area contributed by atoms with E-state index >= 15 is 0 Å². The van der Waals surface area contributed by atoms with E-state index in [-0.39, 0.29) is 5.91 Å². The van der Waals surface area contributed by atoms with Crippen molar-refractivity contribution in [2.45, 2.75) is 38.1 Å². The molecule has 0 aliphatic heterocycles. The minimum Gasteiger partial charge on any atom is -0.338 e. The van der Waals surface area contributed by atoms with Crippen LogP contribution < -0.4 is 0 Å². The van der Waals surface area contributed by atoms with Crippen molar-refractivity contribution in [1.82, 2.24) is 14.5 Å². The van der Waals surface area contributed by atoms with Gasteiger partial charge in [0.15, 0.2) is 0 Å². The molecule has 1 heterocycles. The first-order valence-electron chi connectivity index (χ1n) is 7.93. The number of benzene rings is 1. The van der Waals surface area contributed by atoms with Crippen LogP contribution in [0, 0.1) is 0 Å². The molecule has 0 saturated heterocycles. The molecule has 22 heavy (non-hydrogen) atoms. The maximum absolute atomic E-state index is 12.5. The van der Waals surface area contributed by atoms with Crippen LogP contribution in [0.25, 0.3) is 0 Å². The Balaban J connectivity index is 1.66. The summed E-state index contributed by atoms with van der Waals surface area (Å²) >= 11 is 0. The molecular weight excluding hydrogens is 274 g/mol. The molecule has 0 spiro atoms. The molecule has 1 aromatic carbocycles. The molecule has 0 radical (unpaired) electrons. The van der Waals surface area contributed by atoms with Crippen LogP contribution >= 0.6 is 0 Å². The van der Waals surface area contributed by atoms with Crippen LogP contribution in [-0.4, -0.2) is 27.4 Å². The van der Waals surface area contributed by atoms with Crippen molar-refractivity contribution in [2.24, 2.45) is 7.05 Å². The lowest BCUT2D eigenvalue weighted by Crippen LogP contribution is -2.29. The lowest BCUT2D eigenvalue weighted by molar-refractivity contribution is -0.131. The lowest BCUT2D eigenvalue weighted by Gasteiger charge is -2.27. The summed E-state index contributed by atoms with van der Waals surface area (Å²) < 4.78 is 1.96. The Morgan fingerprint density at radius 3 is 3.00 bits per heavy atom. The van der Waals surface area contributed by atoms with E-state index in [0.29, 0.717) is 18.9 Å². The average molecular weight is 297 g/mol. The highest BCUT2D eigenvalue weighted by Gasteiger charge is 2.24. The first kappa shape index (κ1) is 14.8. The molecule has 0 fully saturated rings. The zero-order valence-electron chi connectivity index (χ0n) is 13.3. The van der Waals surface area contributed by atoms with Crippen molar-refractivity contribution in [2.75, 3.05) is 7.05 Å². The Morgan fingerprint density at radius 2 is 2.23 bits per heavy atom. The molecule has 0 N–H and O–H groups in total. The summed E-state index contributed by atoms with van der Waals surface area (Å²) in [5.74, 6) is 1.48. The topological polar surface area (TPSA) is 38.1 Å². The maximum Gasteiger partial charge on any atom is 0.223 e. The van der Waals surface area contributed by atoms with Crippen molar-refractivity contribution in [1.29, 1.82) is 0 Å². The standard InChI is InChI=1S/C18H23N3O/c1-20-11-10-19-17(20)13-21(2)18(22)12-15-8-5-7-14-6-3-4-9-16(14)15/h3-4,6,9-11,15H,5,7-8,12-13H2,1-2H3. The van der Waals surface area contributed by atoms with E-state index < -0.39 is 0 Å². The van der Waals surface area contributed by atoms with E-state index in [1.54, 1.807) is 11.1 Å². The quantitative estimate of drug-likeness (QED) is 0.870. The molecule has 1 amide bonds. The normalized spacial score (nSPS) is 17.1. The number of carbonyl (C=O) groups excluding carboxylic acids is 1. The van der Waals surface area contributed by atoms with Gasteiger partial charge in [-0.2, -0.15) is 0 Å². The Morgan fingerprint density at radius 1 is 1.41 bits per heavy atom. The number of rotatable bonds is 4. The number of aryl methyl sites for hydroxylation is 2. The Bertz CT molecular complexity index is 662. The number of amides is 1. The molecule has 1 unspecified atom stereocenters. The monoisotopic (exact) mass is 297 g/mol. The minimum atomic E-state index is 0.199. The number of fused-ring (bicyclic) bond motifs is 1. The molecule has 1 atom stereocenters. The van der Waals surface area contributed by atoms with Crippen molar-refractivity contribution < 1.29 is 4.79 Å². The average Bonchev–Trinajstić information content (AvgIpc) is 2.93. The smallest absolute Gasteiger partial charge is 0.223 e. The first-order valence-corrected chi connectivity index (χ1v) is 7.93. The summed E-state index contributed by atoms with van der Waals surface area (Å²) in [6.07, 6.45) is 7.70. The van der Waals surface area contributed by atoms with Gasteiger partial charge in [0.05, 0.1) is 6.54 Å². The van der Waals surface area contributed by atoms with Crippen molar-refractivity contribution in [3.05, 3.63) is 53.6 Å². The van der Waals surface area contributed by atoms with Gasteiger partial charge in [-0.05, 0) is 36.3 Å². The van der Waals surface area contributed by atoms with Crippen molar-refractivity contribution >= 4 is 5.91 Å². The zero-order chi connectivity index (χ0) is 15.5. The molecule has 0 bridgehead atoms. The summed E-state index contributed by atoms with van der Waals surface area (Å²) in [6.45, 7) is 0.566. The highest BCUT2D eigenvalue weighted by atomic mass is 16.2. The summed E-state index contributed by atoms with van der Waals surface area (Å²) in [5, 5.41) is 0. The van der Waals surface area contributed by atoms with Gasteiger partial charge in [0.1, 0.15) is 5.82 Å². The maximum atomic E-state index is 12.5. The van der Waals surface area contributed by atoms with Crippen LogP contribution in [0.2, 0.25) is 0 Å². The Labute approximate surface area is 131 Å². The first-order chi connectivity index (χ1) is 10.6. The molecule has 1 aliphatic rings. The van der Waals surface area contributed by atoms with Crippen LogP contribution in [0.3, 0.4) is 0 Å². The lowest BCUT2D eigenvalue weighted by atomic mass is 9.81. The molecule has 1 aliphatic carbocycles. The van der Waals surface area contributed by atoms with Gasteiger partial charge in [0.25, 0.3) is 0 Å². The van der Waals surface area contributed by atoms with Crippen molar-refractivity contribution in [3.63, 3.8) is 0 Å². The third kappa shape index (κ3) is 3.06.